The summed E-state index contributed by atoms with van der Waals surface area (Å²) in [5.41, 5.74) is 3.19. The van der Waals surface area contributed by atoms with Crippen molar-refractivity contribution in [2.75, 3.05) is 5.01 Å². The van der Waals surface area contributed by atoms with Gasteiger partial charge >= 0.3 is 6.09 Å². The lowest BCUT2D eigenvalue weighted by Gasteiger charge is -2.30. The van der Waals surface area contributed by atoms with Gasteiger partial charge in [0.25, 0.3) is 0 Å². The summed E-state index contributed by atoms with van der Waals surface area (Å²) in [6.45, 7) is 9.53. The van der Waals surface area contributed by atoms with E-state index < -0.39 is 11.7 Å². The molecule has 0 aromatic heterocycles. The molecule has 1 aromatic rings. The van der Waals surface area contributed by atoms with Crippen molar-refractivity contribution in [2.24, 2.45) is 0 Å². The Balaban J connectivity index is 2.74. The number of carbonyl (C=O) groups excluding carboxylic acids is 1. The van der Waals surface area contributed by atoms with E-state index in [9.17, 15) is 4.79 Å². The van der Waals surface area contributed by atoms with Crippen molar-refractivity contribution in [1.29, 1.82) is 0 Å². The molecule has 0 aliphatic heterocycles. The number of nitrogens with one attached hydrogen (secondary N) is 1. The van der Waals surface area contributed by atoms with Crippen molar-refractivity contribution >= 4 is 11.8 Å². The minimum absolute atomic E-state index is 0.139. The average Bonchev–Trinajstić information content (AvgIpc) is 2.24. The highest BCUT2D eigenvalue weighted by molar-refractivity contribution is 5.70. The SMILES string of the molecule is CC(C)N(NC(=O)OC(C)(C)C)c1ccccc1. The van der Waals surface area contributed by atoms with Crippen LogP contribution in [0, 0.1) is 0 Å². The Morgan fingerprint density at radius 2 is 1.78 bits per heavy atom. The summed E-state index contributed by atoms with van der Waals surface area (Å²) < 4.78 is 5.25. The van der Waals surface area contributed by atoms with Crippen LogP contribution in [0.1, 0.15) is 34.6 Å². The van der Waals surface area contributed by atoms with E-state index in [1.807, 2.05) is 65.0 Å². The Labute approximate surface area is 109 Å². The number of hydrogen-bond donors (Lipinski definition) is 1. The van der Waals surface area contributed by atoms with Crippen LogP contribution in [0.2, 0.25) is 0 Å². The minimum Gasteiger partial charge on any atom is -0.443 e. The lowest BCUT2D eigenvalue weighted by Crippen LogP contribution is -2.48. The van der Waals surface area contributed by atoms with Crippen LogP contribution in [0.25, 0.3) is 0 Å². The standard InChI is InChI=1S/C14H22N2O2/c1-11(2)16(12-9-7-6-8-10-12)15-13(17)18-14(3,4)5/h6-11H,1-5H3,(H,15,17). The van der Waals surface area contributed by atoms with Gasteiger partial charge in [-0.1, -0.05) is 18.2 Å². The molecule has 1 aromatic carbocycles. The summed E-state index contributed by atoms with van der Waals surface area (Å²) in [4.78, 5) is 11.8. The molecule has 0 bridgehead atoms. The number of nitrogens with zero attached hydrogens (tertiary/aromatic N) is 1. The van der Waals surface area contributed by atoms with Gasteiger partial charge in [0.1, 0.15) is 5.60 Å². The Kier molecular flexibility index (Phi) is 4.59. The fourth-order valence-corrected chi connectivity index (χ4v) is 1.48. The van der Waals surface area contributed by atoms with Crippen molar-refractivity contribution in [1.82, 2.24) is 5.43 Å². The van der Waals surface area contributed by atoms with Crippen molar-refractivity contribution in [3.8, 4) is 0 Å². The second-order valence-corrected chi connectivity index (χ2v) is 5.41. The molecular formula is C14H22N2O2. The number of hydrogen-bond acceptors (Lipinski definition) is 3. The first-order valence-electron chi connectivity index (χ1n) is 6.13. The normalized spacial score (nSPS) is 11.2. The van der Waals surface area contributed by atoms with Gasteiger partial charge in [-0.15, -0.1) is 0 Å². The Hall–Kier alpha value is -1.71. The van der Waals surface area contributed by atoms with Crippen molar-refractivity contribution in [3.63, 3.8) is 0 Å². The summed E-state index contributed by atoms with van der Waals surface area (Å²) in [5.74, 6) is 0. The Morgan fingerprint density at radius 3 is 2.22 bits per heavy atom. The number of ether oxygens (including phenoxy) is 1. The van der Waals surface area contributed by atoms with Gasteiger partial charge in [-0.05, 0) is 46.8 Å². The van der Waals surface area contributed by atoms with Gasteiger partial charge in [-0.3, -0.25) is 5.01 Å². The fourth-order valence-electron chi connectivity index (χ4n) is 1.48. The molecule has 1 rings (SSSR count). The van der Waals surface area contributed by atoms with Gasteiger partial charge < -0.3 is 4.74 Å². The van der Waals surface area contributed by atoms with Crippen LogP contribution >= 0.6 is 0 Å². The van der Waals surface area contributed by atoms with E-state index in [-0.39, 0.29) is 6.04 Å². The summed E-state index contributed by atoms with van der Waals surface area (Å²) in [5, 5.41) is 1.79. The van der Waals surface area contributed by atoms with Gasteiger partial charge in [0, 0.05) is 6.04 Å². The molecule has 0 unspecified atom stereocenters. The molecule has 1 N–H and O–H groups in total. The number of benzene rings is 1. The minimum atomic E-state index is -0.497. The van der Waals surface area contributed by atoms with Crippen LogP contribution in [-0.2, 0) is 4.74 Å². The molecule has 4 heteroatoms. The monoisotopic (exact) mass is 250 g/mol. The van der Waals surface area contributed by atoms with Crippen LogP contribution in [0.4, 0.5) is 10.5 Å². The highest BCUT2D eigenvalue weighted by atomic mass is 16.6. The molecule has 4 nitrogen and oxygen atoms in total. The third-order valence-electron chi connectivity index (χ3n) is 2.16. The number of amides is 1. The van der Waals surface area contributed by atoms with Gasteiger partial charge in [0.2, 0.25) is 0 Å². The highest BCUT2D eigenvalue weighted by Gasteiger charge is 2.19. The number of carbonyl (C=O) groups is 1. The maximum atomic E-state index is 11.8. The molecule has 0 saturated carbocycles. The molecule has 18 heavy (non-hydrogen) atoms. The van der Waals surface area contributed by atoms with E-state index in [1.54, 1.807) is 5.01 Å². The second-order valence-electron chi connectivity index (χ2n) is 5.41. The number of para-hydroxylation sites is 1. The zero-order valence-corrected chi connectivity index (χ0v) is 11.7. The van der Waals surface area contributed by atoms with Gasteiger partial charge in [0.05, 0.1) is 5.69 Å². The molecular weight excluding hydrogens is 228 g/mol. The maximum Gasteiger partial charge on any atom is 0.426 e. The lowest BCUT2D eigenvalue weighted by atomic mass is 10.2. The highest BCUT2D eigenvalue weighted by Crippen LogP contribution is 2.14. The van der Waals surface area contributed by atoms with Gasteiger partial charge in [-0.25, -0.2) is 10.2 Å². The number of anilines is 1. The van der Waals surface area contributed by atoms with E-state index in [1.165, 1.54) is 0 Å². The van der Waals surface area contributed by atoms with Gasteiger partial charge in [-0.2, -0.15) is 0 Å². The van der Waals surface area contributed by atoms with Crippen LogP contribution in [0.15, 0.2) is 30.3 Å². The van der Waals surface area contributed by atoms with Crippen LogP contribution < -0.4 is 10.4 Å². The first-order valence-corrected chi connectivity index (χ1v) is 6.13. The molecule has 0 aliphatic carbocycles. The predicted molar refractivity (Wildman–Crippen MR) is 73.4 cm³/mol. The summed E-state index contributed by atoms with van der Waals surface area (Å²) in [6.07, 6.45) is -0.444. The van der Waals surface area contributed by atoms with E-state index in [0.29, 0.717) is 0 Å². The number of hydrazine groups is 1. The molecule has 0 aliphatic rings. The quantitative estimate of drug-likeness (QED) is 0.836. The smallest absolute Gasteiger partial charge is 0.426 e. The number of rotatable bonds is 3. The molecule has 0 fully saturated rings. The largest absolute Gasteiger partial charge is 0.443 e. The van der Waals surface area contributed by atoms with Crippen LogP contribution in [0.3, 0.4) is 0 Å². The summed E-state index contributed by atoms with van der Waals surface area (Å²) in [7, 11) is 0. The predicted octanol–water partition coefficient (Wildman–Crippen LogP) is 3.34. The van der Waals surface area contributed by atoms with Crippen LogP contribution in [0.5, 0.6) is 0 Å². The van der Waals surface area contributed by atoms with Crippen molar-refractivity contribution in [3.05, 3.63) is 30.3 Å². The molecule has 1 amide bonds. The average molecular weight is 250 g/mol. The third-order valence-corrected chi connectivity index (χ3v) is 2.16. The molecule has 100 valence electrons. The van der Waals surface area contributed by atoms with Crippen molar-refractivity contribution < 1.29 is 9.53 Å². The van der Waals surface area contributed by atoms with Crippen molar-refractivity contribution in [2.45, 2.75) is 46.3 Å². The van der Waals surface area contributed by atoms with E-state index in [0.717, 1.165) is 5.69 Å². The van der Waals surface area contributed by atoms with Crippen LogP contribution in [-0.4, -0.2) is 17.7 Å². The first-order chi connectivity index (χ1) is 8.29. The van der Waals surface area contributed by atoms with Gasteiger partial charge in [0.15, 0.2) is 0 Å². The Morgan fingerprint density at radius 1 is 1.22 bits per heavy atom. The van der Waals surface area contributed by atoms with E-state index in [2.05, 4.69) is 5.43 Å². The summed E-state index contributed by atoms with van der Waals surface area (Å²) >= 11 is 0. The van der Waals surface area contributed by atoms with E-state index >= 15 is 0 Å². The third kappa shape index (κ3) is 4.65. The zero-order chi connectivity index (χ0) is 13.8. The molecule has 0 heterocycles. The lowest BCUT2D eigenvalue weighted by molar-refractivity contribution is 0.0516. The molecule has 0 saturated heterocycles. The Bertz CT molecular complexity index is 383. The summed E-state index contributed by atoms with van der Waals surface area (Å²) in [6, 6.07) is 9.83. The fraction of sp³-hybridized carbons (Fsp3) is 0.500. The molecule has 0 spiro atoms. The second kappa shape index (κ2) is 5.76. The zero-order valence-electron chi connectivity index (χ0n) is 11.7. The topological polar surface area (TPSA) is 41.6 Å². The molecule has 0 atom stereocenters. The maximum absolute atomic E-state index is 11.8. The first kappa shape index (κ1) is 14.4. The van der Waals surface area contributed by atoms with E-state index in [4.69, 9.17) is 4.74 Å². The molecule has 0 radical (unpaired) electrons.